The maximum Gasteiger partial charge on any atom is 0.410 e. The van der Waals surface area contributed by atoms with Gasteiger partial charge in [-0.25, -0.2) is 18.4 Å². The average molecular weight is 353 g/mol. The molecule has 0 aromatic heterocycles. The zero-order chi connectivity index (χ0) is 18.8. The van der Waals surface area contributed by atoms with Crippen molar-refractivity contribution in [1.82, 2.24) is 4.90 Å². The molecule has 0 fully saturated rings. The second-order valence-corrected chi connectivity index (χ2v) is 6.73. The molecule has 0 saturated heterocycles. The van der Waals surface area contributed by atoms with Gasteiger partial charge in [-0.3, -0.25) is 0 Å². The molecule has 0 atom stereocenters. The van der Waals surface area contributed by atoms with Gasteiger partial charge in [-0.15, -0.1) is 0 Å². The molecule has 1 aromatic rings. The molecule has 0 radical (unpaired) electrons. The first-order valence-corrected chi connectivity index (χ1v) is 7.87. The summed E-state index contributed by atoms with van der Waals surface area (Å²) in [5.41, 5.74) is -0.775. The molecule has 2 rings (SSSR count). The fourth-order valence-corrected chi connectivity index (χ4v) is 2.52. The molecule has 25 heavy (non-hydrogen) atoms. The third kappa shape index (κ3) is 4.55. The Kier molecular flexibility index (Phi) is 5.45. The Balaban J connectivity index is 2.26. The summed E-state index contributed by atoms with van der Waals surface area (Å²) in [6.45, 7) is 5.67. The quantitative estimate of drug-likeness (QED) is 0.760. The van der Waals surface area contributed by atoms with Crippen LogP contribution in [0, 0.1) is 11.6 Å². The molecule has 0 aliphatic carbocycles. The average Bonchev–Trinajstić information content (AvgIpc) is 2.52. The van der Waals surface area contributed by atoms with Gasteiger partial charge in [0, 0.05) is 13.1 Å². The van der Waals surface area contributed by atoms with Crippen molar-refractivity contribution in [3.05, 3.63) is 41.0 Å². The zero-order valence-electron chi connectivity index (χ0n) is 14.7. The number of halogens is 2. The van der Waals surface area contributed by atoms with Gasteiger partial charge in [0.1, 0.15) is 17.2 Å². The van der Waals surface area contributed by atoms with Crippen molar-refractivity contribution >= 4 is 17.6 Å². The van der Waals surface area contributed by atoms with E-state index >= 15 is 0 Å². The first-order chi connectivity index (χ1) is 11.6. The highest BCUT2D eigenvalue weighted by atomic mass is 19.1. The highest BCUT2D eigenvalue weighted by molar-refractivity contribution is 5.90. The standard InChI is InChI=1S/C18H21F2NO4/c1-18(2,3)25-17(23)21-7-5-6-11(10-21)15-13(19)8-12(9-14(15)20)16(22)24-4/h6,8-9H,5,7,10H2,1-4H3. The minimum absolute atomic E-state index is 0.0281. The van der Waals surface area contributed by atoms with E-state index in [1.807, 2.05) is 0 Å². The van der Waals surface area contributed by atoms with Crippen LogP contribution >= 0.6 is 0 Å². The Labute approximate surface area is 145 Å². The molecular formula is C18H21F2NO4. The van der Waals surface area contributed by atoms with Gasteiger partial charge in [-0.1, -0.05) is 6.08 Å². The molecule has 7 heteroatoms. The van der Waals surface area contributed by atoms with Crippen molar-refractivity contribution in [1.29, 1.82) is 0 Å². The third-order valence-corrected chi connectivity index (χ3v) is 3.59. The minimum atomic E-state index is -0.877. The Morgan fingerprint density at radius 2 is 1.76 bits per heavy atom. The molecule has 0 unspecified atom stereocenters. The van der Waals surface area contributed by atoms with E-state index in [0.717, 1.165) is 19.2 Å². The smallest absolute Gasteiger partial charge is 0.410 e. The predicted molar refractivity (Wildman–Crippen MR) is 88.1 cm³/mol. The van der Waals surface area contributed by atoms with Crippen molar-refractivity contribution in [2.75, 3.05) is 20.2 Å². The van der Waals surface area contributed by atoms with Crippen LogP contribution in [0.3, 0.4) is 0 Å². The topological polar surface area (TPSA) is 55.8 Å². The molecule has 1 aliphatic heterocycles. The van der Waals surface area contributed by atoms with Crippen LogP contribution in [-0.2, 0) is 9.47 Å². The lowest BCUT2D eigenvalue weighted by Gasteiger charge is -2.30. The van der Waals surface area contributed by atoms with Crippen LogP contribution in [0.25, 0.3) is 5.57 Å². The van der Waals surface area contributed by atoms with Crippen LogP contribution in [0.4, 0.5) is 13.6 Å². The summed E-state index contributed by atoms with van der Waals surface area (Å²) in [6, 6.07) is 1.86. The van der Waals surface area contributed by atoms with E-state index in [1.54, 1.807) is 26.8 Å². The Morgan fingerprint density at radius 1 is 1.16 bits per heavy atom. The number of rotatable bonds is 2. The number of esters is 1. The van der Waals surface area contributed by atoms with Crippen molar-refractivity contribution in [2.24, 2.45) is 0 Å². The molecule has 0 saturated carbocycles. The first kappa shape index (κ1) is 18.9. The summed E-state index contributed by atoms with van der Waals surface area (Å²) in [5, 5.41) is 0. The molecule has 1 aliphatic rings. The number of carbonyl (C=O) groups is 2. The van der Waals surface area contributed by atoms with Crippen LogP contribution in [0.15, 0.2) is 18.2 Å². The molecule has 5 nitrogen and oxygen atoms in total. The number of hydrogen-bond donors (Lipinski definition) is 0. The molecule has 0 N–H and O–H groups in total. The summed E-state index contributed by atoms with van der Waals surface area (Å²) in [6.07, 6.45) is 1.59. The second kappa shape index (κ2) is 7.21. The molecule has 1 amide bonds. The highest BCUT2D eigenvalue weighted by Gasteiger charge is 2.27. The minimum Gasteiger partial charge on any atom is -0.465 e. The van der Waals surface area contributed by atoms with E-state index < -0.39 is 29.3 Å². The number of hydrogen-bond acceptors (Lipinski definition) is 4. The maximum atomic E-state index is 14.4. The molecule has 136 valence electrons. The lowest BCUT2D eigenvalue weighted by Crippen LogP contribution is -2.39. The van der Waals surface area contributed by atoms with Crippen molar-refractivity contribution in [3.63, 3.8) is 0 Å². The fourth-order valence-electron chi connectivity index (χ4n) is 2.52. The Bertz CT molecular complexity index is 699. The number of ether oxygens (including phenoxy) is 2. The summed E-state index contributed by atoms with van der Waals surface area (Å²) in [4.78, 5) is 25.0. The largest absolute Gasteiger partial charge is 0.465 e. The van der Waals surface area contributed by atoms with Crippen molar-refractivity contribution < 1.29 is 27.8 Å². The van der Waals surface area contributed by atoms with Gasteiger partial charge in [0.05, 0.1) is 18.2 Å². The molecule has 0 spiro atoms. The molecular weight excluding hydrogens is 332 g/mol. The van der Waals surface area contributed by atoms with Gasteiger partial charge < -0.3 is 14.4 Å². The monoisotopic (exact) mass is 353 g/mol. The lowest BCUT2D eigenvalue weighted by atomic mass is 9.98. The van der Waals surface area contributed by atoms with E-state index in [1.165, 1.54) is 4.90 Å². The highest BCUT2D eigenvalue weighted by Crippen LogP contribution is 2.28. The summed E-state index contributed by atoms with van der Waals surface area (Å²) in [5.74, 6) is -2.58. The van der Waals surface area contributed by atoms with E-state index in [4.69, 9.17) is 4.74 Å². The lowest BCUT2D eigenvalue weighted by molar-refractivity contribution is 0.0272. The Hall–Kier alpha value is -2.44. The summed E-state index contributed by atoms with van der Waals surface area (Å²) >= 11 is 0. The summed E-state index contributed by atoms with van der Waals surface area (Å²) < 4.78 is 38.5. The van der Waals surface area contributed by atoms with E-state index in [0.29, 0.717) is 18.5 Å². The number of methoxy groups -OCH3 is 1. The summed E-state index contributed by atoms with van der Waals surface area (Å²) in [7, 11) is 1.13. The second-order valence-electron chi connectivity index (χ2n) is 6.73. The van der Waals surface area contributed by atoms with Crippen molar-refractivity contribution in [2.45, 2.75) is 32.8 Å². The van der Waals surface area contributed by atoms with Crippen LogP contribution < -0.4 is 0 Å². The fraction of sp³-hybridized carbons (Fsp3) is 0.444. The van der Waals surface area contributed by atoms with Crippen LogP contribution in [-0.4, -0.2) is 42.8 Å². The number of carbonyl (C=O) groups excluding carboxylic acids is 2. The van der Waals surface area contributed by atoms with Gasteiger partial charge in [0.25, 0.3) is 0 Å². The normalized spacial score (nSPS) is 14.8. The number of amides is 1. The van der Waals surface area contributed by atoms with E-state index in [-0.39, 0.29) is 17.7 Å². The Morgan fingerprint density at radius 3 is 2.28 bits per heavy atom. The van der Waals surface area contributed by atoms with Gasteiger partial charge >= 0.3 is 12.1 Å². The molecule has 1 heterocycles. The molecule has 0 bridgehead atoms. The van der Waals surface area contributed by atoms with Crippen LogP contribution in [0.5, 0.6) is 0 Å². The first-order valence-electron chi connectivity index (χ1n) is 7.87. The van der Waals surface area contributed by atoms with Gasteiger partial charge in [-0.05, 0) is 44.9 Å². The van der Waals surface area contributed by atoms with Gasteiger partial charge in [-0.2, -0.15) is 0 Å². The van der Waals surface area contributed by atoms with Gasteiger partial charge in [0.2, 0.25) is 0 Å². The molecule has 1 aromatic carbocycles. The van der Waals surface area contributed by atoms with E-state index in [2.05, 4.69) is 4.74 Å². The zero-order valence-corrected chi connectivity index (χ0v) is 14.7. The van der Waals surface area contributed by atoms with Crippen LogP contribution in [0.1, 0.15) is 43.1 Å². The van der Waals surface area contributed by atoms with Crippen molar-refractivity contribution in [3.8, 4) is 0 Å². The number of nitrogens with zero attached hydrogens (tertiary/aromatic N) is 1. The van der Waals surface area contributed by atoms with E-state index in [9.17, 15) is 18.4 Å². The van der Waals surface area contributed by atoms with Gasteiger partial charge in [0.15, 0.2) is 0 Å². The third-order valence-electron chi connectivity index (χ3n) is 3.59. The van der Waals surface area contributed by atoms with Crippen LogP contribution in [0.2, 0.25) is 0 Å². The SMILES string of the molecule is COC(=O)c1cc(F)c(C2=CCCN(C(=O)OC(C)(C)C)C2)c(F)c1. The number of benzene rings is 1. The predicted octanol–water partition coefficient (Wildman–Crippen LogP) is 3.78. The maximum absolute atomic E-state index is 14.4.